The first-order valence-corrected chi connectivity index (χ1v) is 9.18. The van der Waals surface area contributed by atoms with E-state index in [1.165, 1.54) is 54.5 Å². The fourth-order valence-corrected chi connectivity index (χ4v) is 4.07. The Bertz CT molecular complexity index is 697. The van der Waals surface area contributed by atoms with Crippen LogP contribution in [0.2, 0.25) is 0 Å². The van der Waals surface area contributed by atoms with Gasteiger partial charge in [0.15, 0.2) is 0 Å². The van der Waals surface area contributed by atoms with Crippen molar-refractivity contribution in [2.75, 3.05) is 7.05 Å². The third kappa shape index (κ3) is 3.11. The van der Waals surface area contributed by atoms with E-state index in [0.717, 1.165) is 5.92 Å². The van der Waals surface area contributed by atoms with Crippen molar-refractivity contribution < 1.29 is 0 Å². The summed E-state index contributed by atoms with van der Waals surface area (Å²) in [4.78, 5) is 0. The summed E-state index contributed by atoms with van der Waals surface area (Å²) in [6.45, 7) is 0. The minimum Gasteiger partial charge on any atom is -0.310 e. The molecule has 2 nitrogen and oxygen atoms in total. The SMILES string of the molecule is CN1NC(c2ccccc2)C=C1c1ccc(C2CCCCC2)cc1. The van der Waals surface area contributed by atoms with Gasteiger partial charge in [-0.05, 0) is 41.5 Å². The average Bonchev–Trinajstić information content (AvgIpc) is 3.05. The van der Waals surface area contributed by atoms with E-state index in [1.54, 1.807) is 0 Å². The number of hydrazine groups is 1. The lowest BCUT2D eigenvalue weighted by Gasteiger charge is -2.23. The van der Waals surface area contributed by atoms with Gasteiger partial charge in [0.05, 0.1) is 11.7 Å². The molecule has 0 aromatic heterocycles. The van der Waals surface area contributed by atoms with Gasteiger partial charge in [-0.15, -0.1) is 0 Å². The van der Waals surface area contributed by atoms with Crippen molar-refractivity contribution in [2.45, 2.75) is 44.1 Å². The van der Waals surface area contributed by atoms with Gasteiger partial charge in [0.2, 0.25) is 0 Å². The molecule has 1 heterocycles. The second-order valence-electron chi connectivity index (χ2n) is 7.09. The second-order valence-corrected chi connectivity index (χ2v) is 7.09. The van der Waals surface area contributed by atoms with Crippen LogP contribution < -0.4 is 5.43 Å². The molecule has 4 rings (SSSR count). The highest BCUT2D eigenvalue weighted by Gasteiger charge is 2.22. The van der Waals surface area contributed by atoms with Gasteiger partial charge in [-0.25, -0.2) is 5.43 Å². The zero-order valence-electron chi connectivity index (χ0n) is 14.4. The van der Waals surface area contributed by atoms with E-state index in [-0.39, 0.29) is 6.04 Å². The molecule has 0 saturated heterocycles. The van der Waals surface area contributed by atoms with Crippen LogP contribution in [0.3, 0.4) is 0 Å². The molecular weight excluding hydrogens is 292 g/mol. The summed E-state index contributed by atoms with van der Waals surface area (Å²) in [5.74, 6) is 0.776. The van der Waals surface area contributed by atoms with Gasteiger partial charge in [-0.2, -0.15) is 0 Å². The largest absolute Gasteiger partial charge is 0.310 e. The molecule has 1 aliphatic carbocycles. The Kier molecular flexibility index (Phi) is 4.40. The third-order valence-electron chi connectivity index (χ3n) is 5.46. The summed E-state index contributed by atoms with van der Waals surface area (Å²) < 4.78 is 0. The molecule has 24 heavy (non-hydrogen) atoms. The molecule has 1 aliphatic heterocycles. The second kappa shape index (κ2) is 6.82. The fraction of sp³-hybridized carbons (Fsp3) is 0.364. The summed E-state index contributed by atoms with van der Waals surface area (Å²) in [7, 11) is 2.10. The molecule has 0 amide bonds. The number of nitrogens with zero attached hydrogens (tertiary/aromatic N) is 1. The van der Waals surface area contributed by atoms with Crippen LogP contribution >= 0.6 is 0 Å². The van der Waals surface area contributed by atoms with Crippen LogP contribution in [0, 0.1) is 0 Å². The van der Waals surface area contributed by atoms with E-state index in [1.807, 2.05) is 0 Å². The standard InChI is InChI=1S/C22H26N2/c1-24-22(16-21(23-24)19-10-6-3-7-11-19)20-14-12-18(13-15-20)17-8-4-2-5-9-17/h3,6-7,10-17,21,23H,2,4-5,8-9H2,1H3. The molecule has 1 atom stereocenters. The van der Waals surface area contributed by atoms with E-state index in [0.29, 0.717) is 0 Å². The van der Waals surface area contributed by atoms with Crippen molar-refractivity contribution >= 4 is 5.70 Å². The molecule has 1 unspecified atom stereocenters. The molecule has 124 valence electrons. The predicted molar refractivity (Wildman–Crippen MR) is 100 cm³/mol. The first-order chi connectivity index (χ1) is 11.8. The molecule has 2 aromatic carbocycles. The van der Waals surface area contributed by atoms with Gasteiger partial charge in [0.1, 0.15) is 0 Å². The highest BCUT2D eigenvalue weighted by Crippen LogP contribution is 2.34. The maximum absolute atomic E-state index is 3.54. The fourth-order valence-electron chi connectivity index (χ4n) is 4.07. The van der Waals surface area contributed by atoms with Crippen molar-refractivity contribution in [1.82, 2.24) is 10.4 Å². The molecule has 2 aromatic rings. The van der Waals surface area contributed by atoms with Crippen molar-refractivity contribution in [3.8, 4) is 0 Å². The Balaban J connectivity index is 1.54. The minimum atomic E-state index is 0.254. The monoisotopic (exact) mass is 318 g/mol. The molecule has 0 spiro atoms. The van der Waals surface area contributed by atoms with E-state index in [4.69, 9.17) is 0 Å². The third-order valence-corrected chi connectivity index (χ3v) is 5.46. The Labute approximate surface area is 145 Å². The minimum absolute atomic E-state index is 0.254. The maximum Gasteiger partial charge on any atom is 0.0716 e. The van der Waals surface area contributed by atoms with Crippen molar-refractivity contribution in [2.24, 2.45) is 0 Å². The van der Waals surface area contributed by atoms with Crippen LogP contribution in [0.25, 0.3) is 5.70 Å². The molecular formula is C22H26N2. The number of rotatable bonds is 3. The summed E-state index contributed by atoms with van der Waals surface area (Å²) in [6, 6.07) is 20.1. The normalized spacial score (nSPS) is 21.8. The van der Waals surface area contributed by atoms with Gasteiger partial charge in [-0.3, -0.25) is 0 Å². The van der Waals surface area contributed by atoms with Gasteiger partial charge in [0.25, 0.3) is 0 Å². The molecule has 2 aliphatic rings. The molecule has 1 fully saturated rings. The molecule has 0 bridgehead atoms. The van der Waals surface area contributed by atoms with Crippen molar-refractivity contribution in [1.29, 1.82) is 0 Å². The number of hydrogen-bond donors (Lipinski definition) is 1. The lowest BCUT2D eigenvalue weighted by molar-refractivity contribution is 0.348. The predicted octanol–water partition coefficient (Wildman–Crippen LogP) is 5.27. The first-order valence-electron chi connectivity index (χ1n) is 9.18. The summed E-state index contributed by atoms with van der Waals surface area (Å²) in [5, 5.41) is 2.15. The quantitative estimate of drug-likeness (QED) is 0.829. The van der Waals surface area contributed by atoms with Gasteiger partial charge < -0.3 is 5.01 Å². The van der Waals surface area contributed by atoms with Gasteiger partial charge in [0, 0.05) is 7.05 Å². The summed E-state index contributed by atoms with van der Waals surface area (Å²) >= 11 is 0. The lowest BCUT2D eigenvalue weighted by atomic mass is 9.84. The van der Waals surface area contributed by atoms with E-state index < -0.39 is 0 Å². The smallest absolute Gasteiger partial charge is 0.0716 e. The van der Waals surface area contributed by atoms with E-state index in [9.17, 15) is 0 Å². The highest BCUT2D eigenvalue weighted by atomic mass is 15.5. The summed E-state index contributed by atoms with van der Waals surface area (Å²) in [5.41, 5.74) is 8.92. The van der Waals surface area contributed by atoms with E-state index >= 15 is 0 Å². The zero-order valence-corrected chi connectivity index (χ0v) is 14.4. The molecule has 1 N–H and O–H groups in total. The number of hydrogen-bond acceptors (Lipinski definition) is 2. The van der Waals surface area contributed by atoms with Crippen molar-refractivity contribution in [3.63, 3.8) is 0 Å². The van der Waals surface area contributed by atoms with Crippen molar-refractivity contribution in [3.05, 3.63) is 77.4 Å². The van der Waals surface area contributed by atoms with Gasteiger partial charge >= 0.3 is 0 Å². The maximum atomic E-state index is 3.54. The average molecular weight is 318 g/mol. The first kappa shape index (κ1) is 15.5. The van der Waals surface area contributed by atoms with Crippen LogP contribution in [-0.2, 0) is 0 Å². The number of benzene rings is 2. The van der Waals surface area contributed by atoms with Crippen LogP contribution in [0.4, 0.5) is 0 Å². The van der Waals surface area contributed by atoms with Crippen LogP contribution in [-0.4, -0.2) is 12.1 Å². The Morgan fingerprint density at radius 1 is 0.833 bits per heavy atom. The Hall–Kier alpha value is -2.06. The van der Waals surface area contributed by atoms with Crippen LogP contribution in [0.1, 0.15) is 60.8 Å². The molecule has 0 radical (unpaired) electrons. The number of nitrogens with one attached hydrogen (secondary N) is 1. The zero-order chi connectivity index (χ0) is 16.4. The lowest BCUT2D eigenvalue weighted by Crippen LogP contribution is -2.29. The van der Waals surface area contributed by atoms with Crippen LogP contribution in [0.5, 0.6) is 0 Å². The van der Waals surface area contributed by atoms with Gasteiger partial charge in [-0.1, -0.05) is 73.9 Å². The highest BCUT2D eigenvalue weighted by molar-refractivity contribution is 5.66. The van der Waals surface area contributed by atoms with Crippen LogP contribution in [0.15, 0.2) is 60.7 Å². The Morgan fingerprint density at radius 3 is 2.25 bits per heavy atom. The summed E-state index contributed by atoms with van der Waals surface area (Å²) in [6.07, 6.45) is 9.24. The Morgan fingerprint density at radius 2 is 1.54 bits per heavy atom. The topological polar surface area (TPSA) is 15.3 Å². The molecule has 1 saturated carbocycles. The van der Waals surface area contributed by atoms with E-state index in [2.05, 4.69) is 78.2 Å². The molecule has 2 heteroatoms.